The summed E-state index contributed by atoms with van der Waals surface area (Å²) in [6, 6.07) is 12.1. The summed E-state index contributed by atoms with van der Waals surface area (Å²) < 4.78 is 6.63. The molecule has 0 fully saturated rings. The van der Waals surface area contributed by atoms with Gasteiger partial charge in [0.1, 0.15) is 6.33 Å². The highest BCUT2D eigenvalue weighted by Crippen LogP contribution is 2.19. The van der Waals surface area contributed by atoms with Crippen LogP contribution in [0.25, 0.3) is 5.69 Å². The molecule has 0 aliphatic carbocycles. The van der Waals surface area contributed by atoms with Crippen LogP contribution in [-0.2, 0) is 14.3 Å². The normalized spacial score (nSPS) is 11.5. The Hall–Kier alpha value is -4.08. The third-order valence-corrected chi connectivity index (χ3v) is 4.54. The number of benzene rings is 2. The predicted octanol–water partition coefficient (Wildman–Crippen LogP) is 1.58. The third kappa shape index (κ3) is 5.50. The summed E-state index contributed by atoms with van der Waals surface area (Å²) in [7, 11) is 0. The number of amides is 2. The minimum Gasteiger partial charge on any atom is -0.449 e. The molecule has 0 spiro atoms. The van der Waals surface area contributed by atoms with Gasteiger partial charge in [-0.3, -0.25) is 9.59 Å². The van der Waals surface area contributed by atoms with Crippen LogP contribution in [0.5, 0.6) is 0 Å². The van der Waals surface area contributed by atoms with Gasteiger partial charge < -0.3 is 15.4 Å². The van der Waals surface area contributed by atoms with Crippen molar-refractivity contribution in [2.75, 3.05) is 11.9 Å². The number of nitrogens with one attached hydrogen (secondary N) is 2. The van der Waals surface area contributed by atoms with Crippen LogP contribution in [0.4, 0.5) is 5.69 Å². The van der Waals surface area contributed by atoms with Crippen LogP contribution < -0.4 is 10.6 Å². The molecule has 2 amide bonds. The monoisotopic (exact) mass is 422 g/mol. The first kappa shape index (κ1) is 21.6. The van der Waals surface area contributed by atoms with Gasteiger partial charge in [0, 0.05) is 5.69 Å². The first-order chi connectivity index (χ1) is 14.8. The topological polar surface area (TPSA) is 128 Å². The molecule has 1 heterocycles. The second-order valence-electron chi connectivity index (χ2n) is 6.88. The van der Waals surface area contributed by atoms with Crippen LogP contribution in [0.1, 0.15) is 28.4 Å². The number of carbonyl (C=O) groups excluding carboxylic acids is 3. The zero-order valence-electron chi connectivity index (χ0n) is 17.3. The molecule has 2 aromatic carbocycles. The Balaban J connectivity index is 1.49. The number of aromatic nitrogens is 4. The fourth-order valence-corrected chi connectivity index (χ4v) is 2.82. The van der Waals surface area contributed by atoms with E-state index in [1.54, 1.807) is 24.3 Å². The van der Waals surface area contributed by atoms with E-state index in [0.717, 1.165) is 11.1 Å². The van der Waals surface area contributed by atoms with E-state index in [9.17, 15) is 14.4 Å². The van der Waals surface area contributed by atoms with E-state index in [-0.39, 0.29) is 18.0 Å². The van der Waals surface area contributed by atoms with E-state index >= 15 is 0 Å². The number of nitrogens with zero attached hydrogens (tertiary/aromatic N) is 4. The fourth-order valence-electron chi connectivity index (χ4n) is 2.82. The zero-order chi connectivity index (χ0) is 22.4. The van der Waals surface area contributed by atoms with Gasteiger partial charge in [0.2, 0.25) is 5.91 Å². The second-order valence-corrected chi connectivity index (χ2v) is 6.88. The third-order valence-electron chi connectivity index (χ3n) is 4.54. The Bertz CT molecular complexity index is 1060. The summed E-state index contributed by atoms with van der Waals surface area (Å²) in [5, 5.41) is 16.1. The maximum absolute atomic E-state index is 12.3. The molecule has 0 saturated carbocycles. The quantitative estimate of drug-likeness (QED) is 0.553. The van der Waals surface area contributed by atoms with E-state index in [1.807, 2.05) is 32.0 Å². The number of esters is 1. The van der Waals surface area contributed by atoms with E-state index in [0.29, 0.717) is 11.4 Å². The van der Waals surface area contributed by atoms with Crippen LogP contribution in [0.3, 0.4) is 0 Å². The van der Waals surface area contributed by atoms with Crippen LogP contribution >= 0.6 is 0 Å². The number of para-hydroxylation sites is 1. The minimum absolute atomic E-state index is 0.241. The van der Waals surface area contributed by atoms with E-state index in [2.05, 4.69) is 26.2 Å². The Kier molecular flexibility index (Phi) is 6.71. The number of ether oxygens (including phenoxy) is 1. The van der Waals surface area contributed by atoms with Crippen LogP contribution in [0.2, 0.25) is 0 Å². The molecule has 10 heteroatoms. The molecular formula is C21H22N6O4. The molecule has 0 aliphatic rings. The molecule has 0 radical (unpaired) electrons. The summed E-state index contributed by atoms with van der Waals surface area (Å²) in [5.74, 6) is -1.61. The molecule has 1 aromatic heterocycles. The van der Waals surface area contributed by atoms with Crippen molar-refractivity contribution in [3.05, 3.63) is 65.5 Å². The van der Waals surface area contributed by atoms with Crippen LogP contribution in [0, 0.1) is 13.8 Å². The van der Waals surface area contributed by atoms with Gasteiger partial charge in [0.25, 0.3) is 5.91 Å². The van der Waals surface area contributed by atoms with Crippen molar-refractivity contribution < 1.29 is 19.1 Å². The maximum Gasteiger partial charge on any atom is 0.338 e. The van der Waals surface area contributed by atoms with E-state index in [4.69, 9.17) is 4.74 Å². The first-order valence-electron chi connectivity index (χ1n) is 9.53. The van der Waals surface area contributed by atoms with Crippen molar-refractivity contribution in [2.45, 2.75) is 26.9 Å². The van der Waals surface area contributed by atoms with Crippen molar-refractivity contribution in [2.24, 2.45) is 0 Å². The van der Waals surface area contributed by atoms with Crippen LogP contribution in [0.15, 0.2) is 48.8 Å². The summed E-state index contributed by atoms with van der Waals surface area (Å²) in [6.07, 6.45) is 0.357. The van der Waals surface area contributed by atoms with Crippen molar-refractivity contribution >= 4 is 23.5 Å². The Morgan fingerprint density at radius 2 is 1.74 bits per heavy atom. The molecule has 0 saturated heterocycles. The molecule has 1 atom stereocenters. The summed E-state index contributed by atoms with van der Waals surface area (Å²) >= 11 is 0. The smallest absolute Gasteiger partial charge is 0.338 e. The van der Waals surface area contributed by atoms with Gasteiger partial charge >= 0.3 is 5.97 Å². The lowest BCUT2D eigenvalue weighted by Crippen LogP contribution is -2.40. The number of rotatable bonds is 7. The van der Waals surface area contributed by atoms with Gasteiger partial charge in [0.05, 0.1) is 17.8 Å². The van der Waals surface area contributed by atoms with E-state index < -0.39 is 18.0 Å². The number of anilines is 1. The molecular weight excluding hydrogens is 400 g/mol. The fraction of sp³-hybridized carbons (Fsp3) is 0.238. The lowest BCUT2D eigenvalue weighted by molar-refractivity contribution is -0.130. The zero-order valence-corrected chi connectivity index (χ0v) is 17.3. The van der Waals surface area contributed by atoms with Gasteiger partial charge in [-0.1, -0.05) is 18.2 Å². The first-order valence-corrected chi connectivity index (χ1v) is 9.53. The highest BCUT2D eigenvalue weighted by atomic mass is 16.5. The molecule has 3 aromatic rings. The lowest BCUT2D eigenvalue weighted by Gasteiger charge is -2.15. The van der Waals surface area contributed by atoms with Gasteiger partial charge in [-0.15, -0.1) is 5.10 Å². The molecule has 0 bridgehead atoms. The molecule has 10 nitrogen and oxygen atoms in total. The predicted molar refractivity (Wildman–Crippen MR) is 112 cm³/mol. The summed E-state index contributed by atoms with van der Waals surface area (Å²) in [4.78, 5) is 36.7. The number of aryl methyl sites for hydroxylation is 2. The molecule has 0 aliphatic heterocycles. The van der Waals surface area contributed by atoms with Gasteiger partial charge in [0.15, 0.2) is 6.10 Å². The molecule has 160 valence electrons. The van der Waals surface area contributed by atoms with Gasteiger partial charge in [-0.2, -0.15) is 0 Å². The maximum atomic E-state index is 12.3. The molecule has 31 heavy (non-hydrogen) atoms. The number of hydrogen-bond donors (Lipinski definition) is 2. The number of hydrogen-bond acceptors (Lipinski definition) is 7. The van der Waals surface area contributed by atoms with Crippen molar-refractivity contribution in [3.63, 3.8) is 0 Å². The van der Waals surface area contributed by atoms with Crippen molar-refractivity contribution in [1.29, 1.82) is 0 Å². The van der Waals surface area contributed by atoms with Gasteiger partial charge in [-0.25, -0.2) is 9.48 Å². The second kappa shape index (κ2) is 9.61. The lowest BCUT2D eigenvalue weighted by atomic mass is 10.1. The molecule has 3 rings (SSSR count). The van der Waals surface area contributed by atoms with Crippen LogP contribution in [-0.4, -0.2) is 50.6 Å². The highest BCUT2D eigenvalue weighted by molar-refractivity contribution is 5.97. The highest BCUT2D eigenvalue weighted by Gasteiger charge is 2.20. The molecule has 0 unspecified atom stereocenters. The SMILES string of the molecule is Cc1cccc(C)c1NC(=O)CNC(=O)[C@H](C)OC(=O)c1ccc(-n2cnnn2)cc1. The largest absolute Gasteiger partial charge is 0.449 e. The average molecular weight is 422 g/mol. The summed E-state index contributed by atoms with van der Waals surface area (Å²) in [6.45, 7) is 4.97. The van der Waals surface area contributed by atoms with Crippen molar-refractivity contribution in [1.82, 2.24) is 25.5 Å². The number of tetrazole rings is 1. The van der Waals surface area contributed by atoms with Gasteiger partial charge in [-0.05, 0) is 66.6 Å². The minimum atomic E-state index is -1.07. The Morgan fingerprint density at radius 3 is 2.35 bits per heavy atom. The number of carbonyl (C=O) groups is 3. The van der Waals surface area contributed by atoms with E-state index in [1.165, 1.54) is 17.9 Å². The summed E-state index contributed by atoms with van der Waals surface area (Å²) in [5.41, 5.74) is 3.50. The standard InChI is InChI=1S/C21H22N6O4/c1-13-5-4-6-14(2)19(13)24-18(28)11-22-20(29)15(3)31-21(30)16-7-9-17(10-8-16)27-12-23-25-26-27/h4-10,12,15H,11H2,1-3H3,(H,22,29)(H,24,28)/t15-/m0/s1. The van der Waals surface area contributed by atoms with Crippen molar-refractivity contribution in [3.8, 4) is 5.69 Å². The Labute approximate surface area is 178 Å². The Morgan fingerprint density at radius 1 is 1.06 bits per heavy atom. The average Bonchev–Trinajstić information content (AvgIpc) is 3.29. The molecule has 2 N–H and O–H groups in total.